The molecule has 2 atom stereocenters. The Morgan fingerprint density at radius 2 is 2.25 bits per heavy atom. The predicted molar refractivity (Wildman–Crippen MR) is 25.1 cm³/mol. The quantitative estimate of drug-likeness (QED) is 0.258. The van der Waals surface area contributed by atoms with E-state index in [4.69, 9.17) is 15.4 Å². The van der Waals surface area contributed by atoms with E-state index in [1.807, 2.05) is 0 Å². The van der Waals surface area contributed by atoms with Crippen molar-refractivity contribution in [1.82, 2.24) is 5.48 Å². The molecule has 0 saturated heterocycles. The van der Waals surface area contributed by atoms with Crippen LogP contribution < -0.4 is 5.48 Å². The highest BCUT2D eigenvalue weighted by molar-refractivity contribution is 4.91. The average Bonchev–Trinajstić information content (AvgIpc) is 1.83. The molecule has 4 heteroatoms. The Hall–Kier alpha value is -0.160. The highest BCUT2D eigenvalue weighted by Crippen LogP contribution is 2.28. The Bertz CT molecular complexity index is 93.3. The van der Waals surface area contributed by atoms with Gasteiger partial charge in [0.15, 0.2) is 5.72 Å². The number of aliphatic hydroxyl groups excluding tert-OH is 1. The van der Waals surface area contributed by atoms with Gasteiger partial charge in [-0.05, 0) is 12.8 Å². The van der Waals surface area contributed by atoms with Gasteiger partial charge in [0, 0.05) is 0 Å². The third-order valence-corrected chi connectivity index (χ3v) is 1.54. The van der Waals surface area contributed by atoms with Crippen LogP contribution in [0.25, 0.3) is 0 Å². The molecule has 4 N–H and O–H groups in total. The SMILES string of the molecule is ONC1(O)CCC1O. The Morgan fingerprint density at radius 1 is 1.62 bits per heavy atom. The zero-order valence-electron chi connectivity index (χ0n) is 4.33. The number of hydroxylamine groups is 1. The number of hydrogen-bond acceptors (Lipinski definition) is 4. The van der Waals surface area contributed by atoms with Gasteiger partial charge in [-0.25, -0.2) is 0 Å². The lowest BCUT2D eigenvalue weighted by molar-refractivity contribution is -0.214. The van der Waals surface area contributed by atoms with Crippen LogP contribution in [0.15, 0.2) is 0 Å². The summed E-state index contributed by atoms with van der Waals surface area (Å²) in [5, 5.41) is 25.7. The van der Waals surface area contributed by atoms with Gasteiger partial charge in [0.05, 0.1) is 6.10 Å². The molecule has 0 heterocycles. The first-order valence-corrected chi connectivity index (χ1v) is 2.51. The van der Waals surface area contributed by atoms with Gasteiger partial charge in [-0.15, -0.1) is 0 Å². The van der Waals surface area contributed by atoms with Crippen molar-refractivity contribution in [1.29, 1.82) is 0 Å². The molecule has 0 spiro atoms. The summed E-state index contributed by atoms with van der Waals surface area (Å²) in [4.78, 5) is 0. The van der Waals surface area contributed by atoms with Crippen LogP contribution in [-0.2, 0) is 0 Å². The highest BCUT2D eigenvalue weighted by Gasteiger charge is 2.43. The number of aliphatic hydroxyl groups is 2. The van der Waals surface area contributed by atoms with Crippen molar-refractivity contribution in [2.24, 2.45) is 0 Å². The topological polar surface area (TPSA) is 72.7 Å². The molecule has 0 amide bonds. The minimum absolute atomic E-state index is 0.407. The van der Waals surface area contributed by atoms with Crippen molar-refractivity contribution in [3.8, 4) is 0 Å². The maximum atomic E-state index is 8.88. The lowest BCUT2D eigenvalue weighted by atomic mass is 9.85. The predicted octanol–water partition coefficient (Wildman–Crippen LogP) is -1.19. The van der Waals surface area contributed by atoms with Gasteiger partial charge in [-0.3, -0.25) is 0 Å². The molecule has 1 aliphatic carbocycles. The van der Waals surface area contributed by atoms with Crippen molar-refractivity contribution in [2.75, 3.05) is 0 Å². The summed E-state index contributed by atoms with van der Waals surface area (Å²) in [7, 11) is 0. The summed E-state index contributed by atoms with van der Waals surface area (Å²) in [6.07, 6.45) is 0.141. The van der Waals surface area contributed by atoms with Crippen LogP contribution in [0, 0.1) is 0 Å². The third kappa shape index (κ3) is 0.621. The Morgan fingerprint density at radius 3 is 2.25 bits per heavy atom. The van der Waals surface area contributed by atoms with Crippen LogP contribution in [0.2, 0.25) is 0 Å². The van der Waals surface area contributed by atoms with Crippen LogP contribution >= 0.6 is 0 Å². The first-order chi connectivity index (χ1) is 3.69. The summed E-state index contributed by atoms with van der Waals surface area (Å²) in [5.74, 6) is 0. The van der Waals surface area contributed by atoms with Gasteiger partial charge in [-0.2, -0.15) is 5.48 Å². The maximum absolute atomic E-state index is 8.88. The normalized spacial score (nSPS) is 46.1. The molecule has 8 heavy (non-hydrogen) atoms. The molecule has 0 aromatic heterocycles. The zero-order valence-corrected chi connectivity index (χ0v) is 4.33. The molecule has 0 aromatic carbocycles. The monoisotopic (exact) mass is 119 g/mol. The molecule has 0 aromatic rings. The second-order valence-corrected chi connectivity index (χ2v) is 2.09. The molecule has 48 valence electrons. The van der Waals surface area contributed by atoms with Crippen molar-refractivity contribution in [2.45, 2.75) is 24.7 Å². The number of hydrogen-bond donors (Lipinski definition) is 4. The second-order valence-electron chi connectivity index (χ2n) is 2.09. The fraction of sp³-hybridized carbons (Fsp3) is 1.00. The largest absolute Gasteiger partial charge is 0.389 e. The van der Waals surface area contributed by atoms with Crippen LogP contribution in [0.3, 0.4) is 0 Å². The second kappa shape index (κ2) is 1.66. The maximum Gasteiger partial charge on any atom is 0.163 e. The first-order valence-electron chi connectivity index (χ1n) is 2.51. The summed E-state index contributed by atoms with van der Waals surface area (Å²) >= 11 is 0. The molecule has 1 rings (SSSR count). The Kier molecular flexibility index (Phi) is 1.24. The fourth-order valence-electron chi connectivity index (χ4n) is 0.677. The average molecular weight is 119 g/mol. The van der Waals surface area contributed by atoms with Crippen molar-refractivity contribution < 1.29 is 15.4 Å². The van der Waals surface area contributed by atoms with Crippen LogP contribution in [0.1, 0.15) is 12.8 Å². The highest BCUT2D eigenvalue weighted by atomic mass is 16.5. The summed E-state index contributed by atoms with van der Waals surface area (Å²) in [6, 6.07) is 0. The third-order valence-electron chi connectivity index (χ3n) is 1.54. The minimum Gasteiger partial charge on any atom is -0.389 e. The molecular weight excluding hydrogens is 110 g/mol. The van der Waals surface area contributed by atoms with Crippen LogP contribution in [0.5, 0.6) is 0 Å². The van der Waals surface area contributed by atoms with Crippen LogP contribution in [-0.4, -0.2) is 27.2 Å². The van der Waals surface area contributed by atoms with Gasteiger partial charge in [-0.1, -0.05) is 0 Å². The van der Waals surface area contributed by atoms with E-state index < -0.39 is 11.8 Å². The standard InChI is InChI=1S/C4H9NO3/c6-3-1-2-4(3,7)5-8/h3,5-8H,1-2H2. The molecule has 0 radical (unpaired) electrons. The van der Waals surface area contributed by atoms with Gasteiger partial charge in [0.1, 0.15) is 0 Å². The van der Waals surface area contributed by atoms with Crippen molar-refractivity contribution in [3.05, 3.63) is 0 Å². The fourth-order valence-corrected chi connectivity index (χ4v) is 0.677. The van der Waals surface area contributed by atoms with E-state index in [2.05, 4.69) is 0 Å². The molecule has 2 unspecified atom stereocenters. The molecule has 1 saturated carbocycles. The molecule has 1 aliphatic rings. The van der Waals surface area contributed by atoms with Crippen molar-refractivity contribution >= 4 is 0 Å². The summed E-state index contributed by atoms with van der Waals surface area (Å²) < 4.78 is 0. The van der Waals surface area contributed by atoms with Gasteiger partial charge >= 0.3 is 0 Å². The van der Waals surface area contributed by atoms with E-state index in [1.165, 1.54) is 0 Å². The Balaban J connectivity index is 2.42. The molecule has 1 fully saturated rings. The first kappa shape index (κ1) is 5.97. The minimum atomic E-state index is -1.42. The molecular formula is C4H9NO3. The number of rotatable bonds is 1. The van der Waals surface area contributed by atoms with E-state index in [1.54, 1.807) is 5.48 Å². The summed E-state index contributed by atoms with van der Waals surface area (Å²) in [6.45, 7) is 0. The lowest BCUT2D eigenvalue weighted by Crippen LogP contribution is -2.60. The van der Waals surface area contributed by atoms with E-state index in [9.17, 15) is 0 Å². The van der Waals surface area contributed by atoms with Crippen molar-refractivity contribution in [3.63, 3.8) is 0 Å². The smallest absolute Gasteiger partial charge is 0.163 e. The lowest BCUT2D eigenvalue weighted by Gasteiger charge is -2.40. The van der Waals surface area contributed by atoms with Crippen LogP contribution in [0.4, 0.5) is 0 Å². The van der Waals surface area contributed by atoms with Gasteiger partial charge < -0.3 is 15.4 Å². The Labute approximate surface area is 46.7 Å². The van der Waals surface area contributed by atoms with E-state index >= 15 is 0 Å². The van der Waals surface area contributed by atoms with Gasteiger partial charge in [0.25, 0.3) is 0 Å². The number of nitrogens with one attached hydrogen (secondary N) is 1. The van der Waals surface area contributed by atoms with E-state index in [0.29, 0.717) is 12.8 Å². The van der Waals surface area contributed by atoms with E-state index in [0.717, 1.165) is 0 Å². The van der Waals surface area contributed by atoms with E-state index in [-0.39, 0.29) is 0 Å². The molecule has 0 aliphatic heterocycles. The zero-order chi connectivity index (χ0) is 6.20. The summed E-state index contributed by atoms with van der Waals surface area (Å²) in [5.41, 5.74) is 0.216. The molecule has 0 bridgehead atoms. The molecule has 4 nitrogen and oxygen atoms in total. The van der Waals surface area contributed by atoms with Gasteiger partial charge in [0.2, 0.25) is 0 Å².